The van der Waals surface area contributed by atoms with Crippen molar-refractivity contribution in [3.63, 3.8) is 0 Å². The van der Waals surface area contributed by atoms with Gasteiger partial charge in [0.1, 0.15) is 0 Å². The third kappa shape index (κ3) is 4.08. The molecule has 0 unspecified atom stereocenters. The lowest BCUT2D eigenvalue weighted by Gasteiger charge is -2.18. The van der Waals surface area contributed by atoms with Crippen LogP contribution in [-0.4, -0.2) is 43.4 Å². The van der Waals surface area contributed by atoms with Crippen molar-refractivity contribution in [2.24, 2.45) is 0 Å². The molecule has 0 atom stereocenters. The van der Waals surface area contributed by atoms with Crippen LogP contribution >= 0.6 is 0 Å². The highest BCUT2D eigenvalue weighted by Crippen LogP contribution is 2.11. The van der Waals surface area contributed by atoms with Gasteiger partial charge >= 0.3 is 0 Å². The largest absolute Gasteiger partial charge is 0.315 e. The smallest absolute Gasteiger partial charge is 0.164 e. The van der Waals surface area contributed by atoms with Crippen molar-refractivity contribution in [3.8, 4) is 0 Å². The Hall–Kier alpha value is -1.33. The minimum absolute atomic E-state index is 0.142. The van der Waals surface area contributed by atoms with Crippen molar-refractivity contribution in [2.75, 3.05) is 32.7 Å². The summed E-state index contributed by atoms with van der Waals surface area (Å²) in [5.74, 6) is -2.03. The van der Waals surface area contributed by atoms with E-state index in [9.17, 15) is 13.6 Å². The second kappa shape index (κ2) is 6.73. The maximum absolute atomic E-state index is 13.0. The molecule has 5 heteroatoms. The van der Waals surface area contributed by atoms with Crippen LogP contribution in [0.2, 0.25) is 0 Å². The summed E-state index contributed by atoms with van der Waals surface area (Å²) in [6.45, 7) is 4.50. The first-order valence-electron chi connectivity index (χ1n) is 6.58. The first-order chi connectivity index (χ1) is 9.16. The quantitative estimate of drug-likeness (QED) is 0.846. The van der Waals surface area contributed by atoms with Crippen LogP contribution in [0.1, 0.15) is 23.2 Å². The molecule has 1 aliphatic rings. The van der Waals surface area contributed by atoms with E-state index >= 15 is 0 Å². The van der Waals surface area contributed by atoms with Gasteiger partial charge in [-0.15, -0.1) is 0 Å². The number of carbonyl (C=O) groups excluding carboxylic acids is 1. The first-order valence-corrected chi connectivity index (χ1v) is 6.58. The zero-order valence-electron chi connectivity index (χ0n) is 10.8. The summed E-state index contributed by atoms with van der Waals surface area (Å²) in [5, 5.41) is 3.29. The van der Waals surface area contributed by atoms with Crippen LogP contribution in [0.15, 0.2) is 18.2 Å². The fourth-order valence-electron chi connectivity index (χ4n) is 2.20. The molecule has 1 aromatic rings. The Kier molecular flexibility index (Phi) is 4.99. The Morgan fingerprint density at radius 2 is 2.05 bits per heavy atom. The Morgan fingerprint density at radius 1 is 1.21 bits per heavy atom. The molecule has 1 saturated heterocycles. The van der Waals surface area contributed by atoms with E-state index in [0.717, 1.165) is 44.7 Å². The number of rotatable bonds is 4. The van der Waals surface area contributed by atoms with Crippen LogP contribution in [0.3, 0.4) is 0 Å². The molecule has 1 N–H and O–H groups in total. The van der Waals surface area contributed by atoms with Crippen LogP contribution in [0.4, 0.5) is 8.78 Å². The fraction of sp³-hybridized carbons (Fsp3) is 0.500. The Bertz CT molecular complexity index is 443. The Balaban J connectivity index is 1.87. The summed E-state index contributed by atoms with van der Waals surface area (Å²) in [6, 6.07) is 3.31. The molecule has 19 heavy (non-hydrogen) atoms. The molecular weight excluding hydrogens is 250 g/mol. The predicted octanol–water partition coefficient (Wildman–Crippen LogP) is 1.83. The highest BCUT2D eigenvalue weighted by atomic mass is 19.2. The third-order valence-electron chi connectivity index (χ3n) is 3.33. The van der Waals surface area contributed by atoms with Gasteiger partial charge in [-0.1, -0.05) is 0 Å². The molecule has 0 spiro atoms. The molecule has 0 aromatic heterocycles. The van der Waals surface area contributed by atoms with E-state index < -0.39 is 11.6 Å². The fourth-order valence-corrected chi connectivity index (χ4v) is 2.20. The van der Waals surface area contributed by atoms with Crippen molar-refractivity contribution in [2.45, 2.75) is 12.8 Å². The van der Waals surface area contributed by atoms with Gasteiger partial charge in [-0.05, 0) is 37.7 Å². The normalized spacial score (nSPS) is 17.2. The van der Waals surface area contributed by atoms with E-state index in [0.29, 0.717) is 13.0 Å². The van der Waals surface area contributed by atoms with Crippen LogP contribution in [0, 0.1) is 11.6 Å². The monoisotopic (exact) mass is 268 g/mol. The highest BCUT2D eigenvalue weighted by Gasteiger charge is 2.13. The molecule has 0 amide bonds. The molecule has 0 saturated carbocycles. The SMILES string of the molecule is O=C(CCN1CCCNCC1)c1ccc(F)c(F)c1. The molecule has 3 nitrogen and oxygen atoms in total. The van der Waals surface area contributed by atoms with Crippen LogP contribution in [0.5, 0.6) is 0 Å². The molecule has 1 heterocycles. The van der Waals surface area contributed by atoms with Crippen LogP contribution in [0.25, 0.3) is 0 Å². The molecule has 2 rings (SSSR count). The molecule has 0 bridgehead atoms. The van der Waals surface area contributed by atoms with Gasteiger partial charge < -0.3 is 10.2 Å². The average molecular weight is 268 g/mol. The molecular formula is C14H18F2N2O. The second-order valence-electron chi connectivity index (χ2n) is 4.75. The van der Waals surface area contributed by atoms with Gasteiger partial charge in [0.2, 0.25) is 0 Å². The summed E-state index contributed by atoms with van der Waals surface area (Å²) in [4.78, 5) is 14.1. The lowest BCUT2D eigenvalue weighted by atomic mass is 10.1. The van der Waals surface area contributed by atoms with Gasteiger partial charge in [-0.3, -0.25) is 4.79 Å². The molecule has 104 valence electrons. The lowest BCUT2D eigenvalue weighted by Crippen LogP contribution is -2.30. The van der Waals surface area contributed by atoms with Crippen LogP contribution in [-0.2, 0) is 0 Å². The van der Waals surface area contributed by atoms with E-state index in [2.05, 4.69) is 10.2 Å². The van der Waals surface area contributed by atoms with E-state index in [4.69, 9.17) is 0 Å². The van der Waals surface area contributed by atoms with Crippen LogP contribution < -0.4 is 5.32 Å². The number of ketones is 1. The second-order valence-corrected chi connectivity index (χ2v) is 4.75. The summed E-state index contributed by atoms with van der Waals surface area (Å²) in [5.41, 5.74) is 0.242. The topological polar surface area (TPSA) is 32.3 Å². The van der Waals surface area contributed by atoms with Crippen molar-refractivity contribution in [3.05, 3.63) is 35.4 Å². The van der Waals surface area contributed by atoms with Gasteiger partial charge in [0.15, 0.2) is 17.4 Å². The number of Topliss-reactive ketones (excluding diaryl/α,β-unsaturated/α-hetero) is 1. The predicted molar refractivity (Wildman–Crippen MR) is 69.2 cm³/mol. The summed E-state index contributed by atoms with van der Waals surface area (Å²) < 4.78 is 25.8. The van der Waals surface area contributed by atoms with Crippen molar-refractivity contribution < 1.29 is 13.6 Å². The van der Waals surface area contributed by atoms with Gasteiger partial charge in [0.25, 0.3) is 0 Å². The van der Waals surface area contributed by atoms with E-state index in [-0.39, 0.29) is 11.3 Å². The maximum Gasteiger partial charge on any atom is 0.164 e. The van der Waals surface area contributed by atoms with E-state index in [1.54, 1.807) is 0 Å². The minimum Gasteiger partial charge on any atom is -0.315 e. The highest BCUT2D eigenvalue weighted by molar-refractivity contribution is 5.96. The number of nitrogens with one attached hydrogen (secondary N) is 1. The average Bonchev–Trinajstić information content (AvgIpc) is 2.67. The first kappa shape index (κ1) is 14.1. The van der Waals surface area contributed by atoms with Crippen molar-refractivity contribution in [1.82, 2.24) is 10.2 Å². The summed E-state index contributed by atoms with van der Waals surface area (Å²) in [6.07, 6.45) is 1.41. The lowest BCUT2D eigenvalue weighted by molar-refractivity contribution is 0.0965. The number of halogens is 2. The zero-order chi connectivity index (χ0) is 13.7. The van der Waals surface area contributed by atoms with Crippen molar-refractivity contribution in [1.29, 1.82) is 0 Å². The molecule has 0 radical (unpaired) electrons. The molecule has 1 aromatic carbocycles. The maximum atomic E-state index is 13.0. The van der Waals surface area contributed by atoms with E-state index in [1.165, 1.54) is 6.07 Å². The molecule has 1 aliphatic heterocycles. The Labute approximate surface area is 111 Å². The van der Waals surface area contributed by atoms with Gasteiger partial charge in [-0.2, -0.15) is 0 Å². The van der Waals surface area contributed by atoms with Gasteiger partial charge in [0.05, 0.1) is 0 Å². The Morgan fingerprint density at radius 3 is 2.84 bits per heavy atom. The summed E-state index contributed by atoms with van der Waals surface area (Å²) in [7, 11) is 0. The number of carbonyl (C=O) groups is 1. The van der Waals surface area contributed by atoms with Crippen molar-refractivity contribution >= 4 is 5.78 Å². The number of hydrogen-bond acceptors (Lipinski definition) is 3. The van der Waals surface area contributed by atoms with Gasteiger partial charge in [-0.25, -0.2) is 8.78 Å². The molecule has 0 aliphatic carbocycles. The summed E-state index contributed by atoms with van der Waals surface area (Å²) >= 11 is 0. The van der Waals surface area contributed by atoms with Gasteiger partial charge in [0, 0.05) is 31.6 Å². The minimum atomic E-state index is -0.968. The number of hydrogen-bond donors (Lipinski definition) is 1. The number of benzene rings is 1. The third-order valence-corrected chi connectivity index (χ3v) is 3.33. The zero-order valence-corrected chi connectivity index (χ0v) is 10.8. The number of nitrogens with zero attached hydrogens (tertiary/aromatic N) is 1. The van der Waals surface area contributed by atoms with E-state index in [1.807, 2.05) is 0 Å². The standard InChI is InChI=1S/C14H18F2N2O/c15-12-3-2-11(10-13(12)16)14(19)4-8-18-7-1-5-17-6-9-18/h2-3,10,17H,1,4-9H2. The molecule has 1 fully saturated rings.